The first kappa shape index (κ1) is 17.6. The SMILES string of the molecule is CC(C)CC(C)N(C)S(=O)(=O)c1ccc(Cl)c(N)c1Cl. The molecule has 0 heterocycles. The monoisotopic (exact) mass is 338 g/mol. The van der Waals surface area contributed by atoms with Crippen molar-refractivity contribution in [3.05, 3.63) is 22.2 Å². The zero-order valence-corrected chi connectivity index (χ0v) is 14.4. The van der Waals surface area contributed by atoms with Crippen molar-refractivity contribution < 1.29 is 8.42 Å². The molecule has 0 fully saturated rings. The average Bonchev–Trinajstić information content (AvgIpc) is 2.33. The van der Waals surface area contributed by atoms with Crippen LogP contribution in [0.15, 0.2) is 17.0 Å². The number of sulfonamides is 1. The van der Waals surface area contributed by atoms with Crippen molar-refractivity contribution in [3.8, 4) is 0 Å². The van der Waals surface area contributed by atoms with Gasteiger partial charge >= 0.3 is 0 Å². The maximum absolute atomic E-state index is 12.6. The number of hydrogen-bond donors (Lipinski definition) is 1. The molecule has 114 valence electrons. The van der Waals surface area contributed by atoms with Gasteiger partial charge in [-0.1, -0.05) is 37.0 Å². The van der Waals surface area contributed by atoms with Gasteiger partial charge in [-0.05, 0) is 31.4 Å². The Morgan fingerprint density at radius 3 is 2.30 bits per heavy atom. The number of hydrogen-bond acceptors (Lipinski definition) is 3. The van der Waals surface area contributed by atoms with Crippen molar-refractivity contribution in [1.82, 2.24) is 4.31 Å². The van der Waals surface area contributed by atoms with Crippen molar-refractivity contribution in [3.63, 3.8) is 0 Å². The molecule has 0 aromatic heterocycles. The Morgan fingerprint density at radius 1 is 1.25 bits per heavy atom. The third kappa shape index (κ3) is 3.58. The Bertz CT molecular complexity index is 588. The van der Waals surface area contributed by atoms with E-state index in [2.05, 4.69) is 0 Å². The van der Waals surface area contributed by atoms with Crippen molar-refractivity contribution >= 4 is 38.9 Å². The van der Waals surface area contributed by atoms with Crippen molar-refractivity contribution in [1.29, 1.82) is 0 Å². The fraction of sp³-hybridized carbons (Fsp3) is 0.538. The largest absolute Gasteiger partial charge is 0.396 e. The molecule has 0 spiro atoms. The Hall–Kier alpha value is -0.490. The van der Waals surface area contributed by atoms with Gasteiger partial charge in [0.15, 0.2) is 0 Å². The van der Waals surface area contributed by atoms with E-state index in [-0.39, 0.29) is 26.7 Å². The first-order chi connectivity index (χ1) is 9.09. The van der Waals surface area contributed by atoms with E-state index in [1.54, 1.807) is 7.05 Å². The molecular weight excluding hydrogens is 319 g/mol. The minimum absolute atomic E-state index is 0.0147. The van der Waals surface area contributed by atoms with Crippen LogP contribution in [0.3, 0.4) is 0 Å². The molecule has 0 aliphatic heterocycles. The van der Waals surface area contributed by atoms with Gasteiger partial charge in [-0.3, -0.25) is 0 Å². The van der Waals surface area contributed by atoms with Crippen LogP contribution in [0.5, 0.6) is 0 Å². The maximum atomic E-state index is 12.6. The smallest absolute Gasteiger partial charge is 0.244 e. The highest BCUT2D eigenvalue weighted by atomic mass is 35.5. The van der Waals surface area contributed by atoms with Gasteiger partial charge in [-0.2, -0.15) is 4.31 Å². The summed E-state index contributed by atoms with van der Waals surface area (Å²) in [5.74, 6) is 0.397. The topological polar surface area (TPSA) is 63.4 Å². The van der Waals surface area contributed by atoms with E-state index < -0.39 is 10.0 Å². The zero-order valence-electron chi connectivity index (χ0n) is 12.0. The molecule has 0 radical (unpaired) electrons. The van der Waals surface area contributed by atoms with E-state index >= 15 is 0 Å². The van der Waals surface area contributed by atoms with Crippen LogP contribution in [-0.4, -0.2) is 25.8 Å². The highest BCUT2D eigenvalue weighted by Gasteiger charge is 2.28. The molecule has 1 unspecified atom stereocenters. The van der Waals surface area contributed by atoms with Gasteiger partial charge in [0.2, 0.25) is 10.0 Å². The molecule has 20 heavy (non-hydrogen) atoms. The Balaban J connectivity index is 3.20. The molecule has 0 saturated heterocycles. The predicted molar refractivity (Wildman–Crippen MR) is 84.7 cm³/mol. The lowest BCUT2D eigenvalue weighted by Gasteiger charge is -2.26. The number of benzene rings is 1. The summed E-state index contributed by atoms with van der Waals surface area (Å²) >= 11 is 11.9. The van der Waals surface area contributed by atoms with E-state index in [9.17, 15) is 8.42 Å². The van der Waals surface area contributed by atoms with Gasteiger partial charge in [0.1, 0.15) is 4.90 Å². The highest BCUT2D eigenvalue weighted by molar-refractivity contribution is 7.89. The molecule has 2 N–H and O–H groups in total. The Morgan fingerprint density at radius 2 is 1.80 bits per heavy atom. The molecule has 0 saturated carbocycles. The van der Waals surface area contributed by atoms with E-state index in [1.807, 2.05) is 20.8 Å². The van der Waals surface area contributed by atoms with Gasteiger partial charge in [0, 0.05) is 13.1 Å². The van der Waals surface area contributed by atoms with Crippen LogP contribution in [0.25, 0.3) is 0 Å². The summed E-state index contributed by atoms with van der Waals surface area (Å²) in [7, 11) is -2.15. The van der Waals surface area contributed by atoms with E-state index in [0.717, 1.165) is 6.42 Å². The molecule has 0 amide bonds. The van der Waals surface area contributed by atoms with Gasteiger partial charge < -0.3 is 5.73 Å². The lowest BCUT2D eigenvalue weighted by Crippen LogP contribution is -2.36. The van der Waals surface area contributed by atoms with Gasteiger partial charge in [-0.15, -0.1) is 0 Å². The highest BCUT2D eigenvalue weighted by Crippen LogP contribution is 2.34. The normalized spacial score (nSPS) is 14.0. The molecule has 1 aromatic rings. The van der Waals surface area contributed by atoms with Crippen LogP contribution in [0, 0.1) is 5.92 Å². The molecule has 1 aromatic carbocycles. The molecule has 0 bridgehead atoms. The van der Waals surface area contributed by atoms with Gasteiger partial charge in [0.05, 0.1) is 15.7 Å². The summed E-state index contributed by atoms with van der Waals surface area (Å²) < 4.78 is 26.5. The lowest BCUT2D eigenvalue weighted by molar-refractivity contribution is 0.338. The molecule has 1 atom stereocenters. The molecule has 1 rings (SSSR count). The van der Waals surface area contributed by atoms with Crippen molar-refractivity contribution in [2.24, 2.45) is 5.92 Å². The minimum Gasteiger partial charge on any atom is -0.396 e. The second-order valence-electron chi connectivity index (χ2n) is 5.27. The second-order valence-corrected chi connectivity index (χ2v) is 8.02. The average molecular weight is 339 g/mol. The quantitative estimate of drug-likeness (QED) is 0.833. The van der Waals surface area contributed by atoms with Crippen LogP contribution in [0.4, 0.5) is 5.69 Å². The summed E-state index contributed by atoms with van der Waals surface area (Å²) in [5.41, 5.74) is 5.77. The maximum Gasteiger partial charge on any atom is 0.244 e. The summed E-state index contributed by atoms with van der Waals surface area (Å²) in [6, 6.07) is 2.69. The van der Waals surface area contributed by atoms with Crippen molar-refractivity contribution in [2.45, 2.75) is 38.1 Å². The number of nitrogen functional groups attached to an aromatic ring is 1. The number of anilines is 1. The van der Waals surface area contributed by atoms with Crippen LogP contribution >= 0.6 is 23.2 Å². The molecular formula is C13H20Cl2N2O2S. The number of halogens is 2. The lowest BCUT2D eigenvalue weighted by atomic mass is 10.1. The third-order valence-corrected chi connectivity index (χ3v) is 6.04. The molecule has 0 aliphatic carbocycles. The second kappa shape index (κ2) is 6.52. The van der Waals surface area contributed by atoms with Gasteiger partial charge in [0.25, 0.3) is 0 Å². The van der Waals surface area contributed by atoms with Crippen molar-refractivity contribution in [2.75, 3.05) is 12.8 Å². The minimum atomic E-state index is -3.69. The standard InChI is InChI=1S/C13H20Cl2N2O2S/c1-8(2)7-9(3)17(4)20(18,19)11-6-5-10(14)13(16)12(11)15/h5-6,8-9H,7,16H2,1-4H3. The fourth-order valence-corrected chi connectivity index (χ4v) is 4.08. The Labute approximate surface area is 130 Å². The fourth-order valence-electron chi connectivity index (χ4n) is 1.97. The van der Waals surface area contributed by atoms with Crippen LogP contribution in [0.1, 0.15) is 27.2 Å². The predicted octanol–water partition coefficient (Wildman–Crippen LogP) is 3.63. The molecule has 4 nitrogen and oxygen atoms in total. The molecule has 7 heteroatoms. The van der Waals surface area contributed by atoms with E-state index in [4.69, 9.17) is 28.9 Å². The first-order valence-electron chi connectivity index (χ1n) is 6.30. The summed E-state index contributed by atoms with van der Waals surface area (Å²) in [6.07, 6.45) is 0.760. The van der Waals surface area contributed by atoms with E-state index in [0.29, 0.717) is 5.92 Å². The van der Waals surface area contributed by atoms with E-state index in [1.165, 1.54) is 16.4 Å². The van der Waals surface area contributed by atoms with Crippen LogP contribution < -0.4 is 5.73 Å². The molecule has 0 aliphatic rings. The summed E-state index contributed by atoms with van der Waals surface area (Å²) in [5, 5.41) is 0.216. The number of nitrogens with two attached hydrogens (primary N) is 1. The number of rotatable bonds is 5. The van der Waals surface area contributed by atoms with Crippen LogP contribution in [-0.2, 0) is 10.0 Å². The summed E-state index contributed by atoms with van der Waals surface area (Å²) in [6.45, 7) is 5.96. The van der Waals surface area contributed by atoms with Gasteiger partial charge in [-0.25, -0.2) is 8.42 Å². The van der Waals surface area contributed by atoms with Crippen LogP contribution in [0.2, 0.25) is 10.0 Å². The third-order valence-electron chi connectivity index (χ3n) is 3.18. The Kier molecular flexibility index (Phi) is 5.72. The first-order valence-corrected chi connectivity index (χ1v) is 8.50. The summed E-state index contributed by atoms with van der Waals surface area (Å²) in [4.78, 5) is -0.0147. The zero-order chi connectivity index (χ0) is 15.7. The number of nitrogens with zero attached hydrogens (tertiary/aromatic N) is 1.